The highest BCUT2D eigenvalue weighted by molar-refractivity contribution is 5.93. The first-order valence-corrected chi connectivity index (χ1v) is 10.2. The van der Waals surface area contributed by atoms with Crippen LogP contribution in [0.4, 0.5) is 0 Å². The smallest absolute Gasteiger partial charge is 0.239 e. The second kappa shape index (κ2) is 9.13. The average Bonchev–Trinajstić information content (AvgIpc) is 2.82. The highest BCUT2D eigenvalue weighted by atomic mass is 16.7. The number of phenols is 4. The van der Waals surface area contributed by atoms with Crippen LogP contribution in [-0.4, -0.2) is 85.3 Å². The first-order valence-electron chi connectivity index (χ1n) is 10.2. The number of aliphatic hydroxyl groups is 4. The van der Waals surface area contributed by atoms with Gasteiger partial charge in [0.15, 0.2) is 28.6 Å². The fourth-order valence-corrected chi connectivity index (χ4v) is 3.74. The summed E-state index contributed by atoms with van der Waals surface area (Å²) in [7, 11) is 1.18. The Balaban J connectivity index is 1.97. The third-order valence-corrected chi connectivity index (χ3v) is 5.56. The first kappa shape index (κ1) is 24.4. The Hall–Kier alpha value is -3.75. The third-order valence-electron chi connectivity index (χ3n) is 5.56. The lowest BCUT2D eigenvalue weighted by atomic mass is 9.99. The van der Waals surface area contributed by atoms with E-state index in [1.165, 1.54) is 13.2 Å². The van der Waals surface area contributed by atoms with Crippen LogP contribution in [0.2, 0.25) is 0 Å². The van der Waals surface area contributed by atoms with Gasteiger partial charge in [0.05, 0.1) is 13.7 Å². The lowest BCUT2D eigenvalue weighted by Crippen LogP contribution is -2.60. The van der Waals surface area contributed by atoms with Gasteiger partial charge in [0.1, 0.15) is 35.6 Å². The van der Waals surface area contributed by atoms with E-state index in [9.17, 15) is 45.6 Å². The maximum Gasteiger partial charge on any atom is 0.239 e. The molecule has 0 amide bonds. The maximum absolute atomic E-state index is 13.5. The standard InChI is InChI=1S/C22H22O13/c1-32-19-11(27)5-10(26)13-15(29)21(35-22-17(31)16(30)14(28)12(6-23)33-22)18(34-20(13)19)7-2-3-8(24)9(25)4-7/h2-5,12,14,16-17,22-28,30-31H,6H2,1H3/t12-,14+,16+,17-,22+/m1/s1. The number of hydrogen-bond donors (Lipinski definition) is 8. The Bertz CT molecular complexity index is 1320. The molecule has 4 rings (SSSR count). The Kier molecular flexibility index (Phi) is 6.36. The summed E-state index contributed by atoms with van der Waals surface area (Å²) in [4.78, 5) is 13.5. The van der Waals surface area contributed by atoms with E-state index >= 15 is 0 Å². The van der Waals surface area contributed by atoms with E-state index in [-0.39, 0.29) is 11.3 Å². The summed E-state index contributed by atoms with van der Waals surface area (Å²) in [5.74, 6) is -3.71. The van der Waals surface area contributed by atoms with Crippen LogP contribution < -0.4 is 14.9 Å². The molecule has 0 spiro atoms. The van der Waals surface area contributed by atoms with Gasteiger partial charge in [-0.3, -0.25) is 4.79 Å². The minimum absolute atomic E-state index is 0.0243. The maximum atomic E-state index is 13.5. The molecular weight excluding hydrogens is 472 g/mol. The van der Waals surface area contributed by atoms with Crippen molar-refractivity contribution < 1.29 is 59.5 Å². The predicted molar refractivity (Wildman–Crippen MR) is 116 cm³/mol. The second-order valence-corrected chi connectivity index (χ2v) is 7.76. The van der Waals surface area contributed by atoms with Crippen LogP contribution in [0.25, 0.3) is 22.3 Å². The molecule has 1 saturated heterocycles. The summed E-state index contributed by atoms with van der Waals surface area (Å²) in [5.41, 5.74) is -1.44. The Labute approximate surface area is 195 Å². The van der Waals surface area contributed by atoms with E-state index in [1.807, 2.05) is 0 Å². The summed E-state index contributed by atoms with van der Waals surface area (Å²) in [6.45, 7) is -0.757. The first-order chi connectivity index (χ1) is 16.6. The number of aromatic hydroxyl groups is 4. The summed E-state index contributed by atoms with van der Waals surface area (Å²) < 4.78 is 21.7. The van der Waals surface area contributed by atoms with E-state index in [4.69, 9.17) is 18.6 Å². The van der Waals surface area contributed by atoms with Gasteiger partial charge < -0.3 is 59.5 Å². The van der Waals surface area contributed by atoms with Crippen LogP contribution in [-0.2, 0) is 4.74 Å². The van der Waals surface area contributed by atoms with Gasteiger partial charge >= 0.3 is 0 Å². The zero-order valence-electron chi connectivity index (χ0n) is 18.0. The van der Waals surface area contributed by atoms with Crippen molar-refractivity contribution in [3.05, 3.63) is 34.5 Å². The molecule has 2 aromatic carbocycles. The van der Waals surface area contributed by atoms with Gasteiger partial charge in [-0.25, -0.2) is 0 Å². The third kappa shape index (κ3) is 4.05. The van der Waals surface area contributed by atoms with Crippen LogP contribution in [0.1, 0.15) is 0 Å². The summed E-state index contributed by atoms with van der Waals surface area (Å²) in [5, 5.41) is 79.4. The Morgan fingerprint density at radius 1 is 0.886 bits per heavy atom. The quantitative estimate of drug-likeness (QED) is 0.209. The molecule has 0 unspecified atom stereocenters. The zero-order valence-corrected chi connectivity index (χ0v) is 18.0. The van der Waals surface area contributed by atoms with E-state index in [0.717, 1.165) is 18.2 Å². The molecule has 3 aromatic rings. The van der Waals surface area contributed by atoms with Gasteiger partial charge in [-0.2, -0.15) is 0 Å². The number of rotatable bonds is 5. The van der Waals surface area contributed by atoms with Gasteiger partial charge in [0.25, 0.3) is 0 Å². The minimum Gasteiger partial charge on any atom is -0.507 e. The van der Waals surface area contributed by atoms with Gasteiger partial charge in [0, 0.05) is 11.6 Å². The number of ether oxygens (including phenoxy) is 3. The largest absolute Gasteiger partial charge is 0.507 e. The molecule has 1 aliphatic heterocycles. The molecule has 0 bridgehead atoms. The second-order valence-electron chi connectivity index (χ2n) is 7.76. The van der Waals surface area contributed by atoms with E-state index in [0.29, 0.717) is 0 Å². The van der Waals surface area contributed by atoms with Crippen LogP contribution in [0.5, 0.6) is 34.5 Å². The van der Waals surface area contributed by atoms with Crippen molar-refractivity contribution in [2.75, 3.05) is 13.7 Å². The van der Waals surface area contributed by atoms with Crippen molar-refractivity contribution in [3.8, 4) is 45.8 Å². The Morgan fingerprint density at radius 3 is 2.23 bits per heavy atom. The van der Waals surface area contributed by atoms with Gasteiger partial charge in [-0.05, 0) is 18.2 Å². The molecule has 13 heteroatoms. The number of methoxy groups -OCH3 is 1. The molecule has 0 saturated carbocycles. The highest BCUT2D eigenvalue weighted by Gasteiger charge is 2.45. The number of fused-ring (bicyclic) bond motifs is 1. The lowest BCUT2D eigenvalue weighted by Gasteiger charge is -2.39. The van der Waals surface area contributed by atoms with Crippen molar-refractivity contribution in [1.29, 1.82) is 0 Å². The van der Waals surface area contributed by atoms with Crippen LogP contribution >= 0.6 is 0 Å². The molecule has 1 aliphatic rings. The molecule has 0 aliphatic carbocycles. The highest BCUT2D eigenvalue weighted by Crippen LogP contribution is 2.44. The molecule has 0 radical (unpaired) electrons. The van der Waals surface area contributed by atoms with Gasteiger partial charge in [0.2, 0.25) is 23.2 Å². The molecule has 1 fully saturated rings. The molecule has 35 heavy (non-hydrogen) atoms. The summed E-state index contributed by atoms with van der Waals surface area (Å²) >= 11 is 0. The van der Waals surface area contributed by atoms with Crippen LogP contribution in [0.3, 0.4) is 0 Å². The van der Waals surface area contributed by atoms with Crippen molar-refractivity contribution in [1.82, 2.24) is 0 Å². The van der Waals surface area contributed by atoms with E-state index in [2.05, 4.69) is 0 Å². The Morgan fingerprint density at radius 2 is 1.60 bits per heavy atom. The fourth-order valence-electron chi connectivity index (χ4n) is 3.74. The lowest BCUT2D eigenvalue weighted by molar-refractivity contribution is -0.277. The molecule has 2 heterocycles. The van der Waals surface area contributed by atoms with Crippen LogP contribution in [0, 0.1) is 0 Å². The van der Waals surface area contributed by atoms with E-state index < -0.39 is 88.2 Å². The van der Waals surface area contributed by atoms with Gasteiger partial charge in [-0.1, -0.05) is 0 Å². The molecular formula is C22H22O13. The number of phenolic OH excluding ortho intramolecular Hbond substituents is 4. The molecule has 13 nitrogen and oxygen atoms in total. The van der Waals surface area contributed by atoms with Crippen molar-refractivity contribution in [2.24, 2.45) is 0 Å². The fraction of sp³-hybridized carbons (Fsp3) is 0.318. The number of hydrogen-bond acceptors (Lipinski definition) is 13. The minimum atomic E-state index is -1.88. The monoisotopic (exact) mass is 494 g/mol. The van der Waals surface area contributed by atoms with E-state index in [1.54, 1.807) is 0 Å². The molecule has 1 aromatic heterocycles. The van der Waals surface area contributed by atoms with Gasteiger partial charge in [-0.15, -0.1) is 0 Å². The molecule has 8 N–H and O–H groups in total. The SMILES string of the molecule is COc1c(O)cc(O)c2c(=O)c(O[C@@H]3O[C@H](CO)[C@H](O)[C@H](O)[C@H]3O)c(-c3ccc(O)c(O)c3)oc12. The summed E-state index contributed by atoms with van der Waals surface area (Å²) in [6, 6.07) is 4.19. The van der Waals surface area contributed by atoms with Crippen LogP contribution in [0.15, 0.2) is 33.5 Å². The number of aliphatic hydroxyl groups excluding tert-OH is 4. The predicted octanol–water partition coefficient (Wildman–Crippen LogP) is -0.530. The molecule has 188 valence electrons. The van der Waals surface area contributed by atoms with Crippen molar-refractivity contribution in [3.63, 3.8) is 0 Å². The van der Waals surface area contributed by atoms with Crippen molar-refractivity contribution >= 4 is 11.0 Å². The zero-order chi connectivity index (χ0) is 25.6. The topological polar surface area (TPSA) is 220 Å². The summed E-state index contributed by atoms with van der Waals surface area (Å²) in [6.07, 6.45) is -8.53. The molecule has 5 atom stereocenters. The normalized spacial score (nSPS) is 24.4. The van der Waals surface area contributed by atoms with Crippen molar-refractivity contribution in [2.45, 2.75) is 30.7 Å². The number of benzene rings is 2. The average molecular weight is 494 g/mol.